The summed E-state index contributed by atoms with van der Waals surface area (Å²) in [6.45, 7) is 0.635. The number of aliphatic hydroxyl groups is 1. The highest BCUT2D eigenvalue weighted by Crippen LogP contribution is 2.12. The summed E-state index contributed by atoms with van der Waals surface area (Å²) in [6, 6.07) is 1.16. The number of benzene rings is 1. The number of thiol groups is 1. The molecular formula is C18H26N4O7S. The first kappa shape index (κ1) is 25.2. The summed E-state index contributed by atoms with van der Waals surface area (Å²) >= 11 is 4.01. The summed E-state index contributed by atoms with van der Waals surface area (Å²) in [5, 5.41) is 34.4. The number of rotatable bonds is 11. The van der Waals surface area contributed by atoms with Gasteiger partial charge in [0.1, 0.15) is 29.9 Å². The number of aromatic hydroxyl groups is 1. The maximum absolute atomic E-state index is 12.7. The van der Waals surface area contributed by atoms with Gasteiger partial charge in [-0.1, -0.05) is 12.1 Å². The Morgan fingerprint density at radius 2 is 1.53 bits per heavy atom. The zero-order chi connectivity index (χ0) is 22.8. The fourth-order valence-corrected chi connectivity index (χ4v) is 2.54. The zero-order valence-corrected chi connectivity index (χ0v) is 17.1. The topological polar surface area (TPSA) is 191 Å². The van der Waals surface area contributed by atoms with Gasteiger partial charge in [-0.05, 0) is 24.6 Å². The lowest BCUT2D eigenvalue weighted by Crippen LogP contribution is -2.58. The van der Waals surface area contributed by atoms with Gasteiger partial charge in [0.2, 0.25) is 17.7 Å². The van der Waals surface area contributed by atoms with Crippen LogP contribution < -0.4 is 21.7 Å². The van der Waals surface area contributed by atoms with E-state index in [1.807, 2.05) is 0 Å². The van der Waals surface area contributed by atoms with Gasteiger partial charge in [-0.2, -0.15) is 12.6 Å². The number of amides is 3. The summed E-state index contributed by atoms with van der Waals surface area (Å²) in [6.07, 6.45) is 0.00242. The number of carboxylic acid groups (broad SMARTS) is 1. The molecule has 0 aliphatic carbocycles. The van der Waals surface area contributed by atoms with E-state index in [1.165, 1.54) is 19.1 Å². The van der Waals surface area contributed by atoms with Crippen molar-refractivity contribution in [3.8, 4) is 5.75 Å². The standard InChI is InChI=1S/C18H26N4O7S/c1-9(18(28)29)20-17(27)14(8-30)22-16(26)13(21-15(25)12(19)7-23)6-10-2-4-11(24)5-3-10/h2-5,9,12-14,23-24,30H,6-8,19H2,1H3,(H,20,27)(H,21,25)(H,22,26)(H,28,29). The molecule has 0 fully saturated rings. The van der Waals surface area contributed by atoms with Gasteiger partial charge in [0, 0.05) is 12.2 Å². The molecule has 0 heterocycles. The molecule has 4 unspecified atom stereocenters. The molecule has 0 saturated carbocycles. The molecule has 0 aliphatic heterocycles. The van der Waals surface area contributed by atoms with Crippen molar-refractivity contribution in [2.75, 3.05) is 12.4 Å². The first-order valence-electron chi connectivity index (χ1n) is 8.98. The number of aliphatic hydroxyl groups excluding tert-OH is 1. The lowest BCUT2D eigenvalue weighted by Gasteiger charge is -2.24. The number of hydrogen-bond donors (Lipinski definition) is 8. The average Bonchev–Trinajstić information content (AvgIpc) is 2.71. The van der Waals surface area contributed by atoms with E-state index in [4.69, 9.17) is 15.9 Å². The van der Waals surface area contributed by atoms with Crippen LogP contribution in [-0.4, -0.2) is 75.5 Å². The number of aliphatic carboxylic acids is 1. The first-order valence-corrected chi connectivity index (χ1v) is 9.61. The third-order valence-electron chi connectivity index (χ3n) is 4.09. The summed E-state index contributed by atoms with van der Waals surface area (Å²) in [5.41, 5.74) is 6.07. The van der Waals surface area contributed by atoms with Crippen molar-refractivity contribution in [2.45, 2.75) is 37.5 Å². The van der Waals surface area contributed by atoms with Crippen LogP contribution in [0.3, 0.4) is 0 Å². The fourth-order valence-electron chi connectivity index (χ4n) is 2.28. The predicted molar refractivity (Wildman–Crippen MR) is 110 cm³/mol. The van der Waals surface area contributed by atoms with Crippen molar-refractivity contribution in [3.63, 3.8) is 0 Å². The molecule has 4 atom stereocenters. The van der Waals surface area contributed by atoms with Gasteiger partial charge < -0.3 is 37.0 Å². The van der Waals surface area contributed by atoms with E-state index in [9.17, 15) is 24.3 Å². The molecule has 0 spiro atoms. The lowest BCUT2D eigenvalue weighted by atomic mass is 10.0. The smallest absolute Gasteiger partial charge is 0.325 e. The molecule has 12 heteroatoms. The maximum Gasteiger partial charge on any atom is 0.325 e. The number of hydrogen-bond acceptors (Lipinski definition) is 8. The van der Waals surface area contributed by atoms with Gasteiger partial charge in [0.15, 0.2) is 0 Å². The first-order chi connectivity index (χ1) is 14.1. The van der Waals surface area contributed by atoms with Gasteiger partial charge in [-0.25, -0.2) is 0 Å². The Kier molecular flexibility index (Phi) is 10.1. The summed E-state index contributed by atoms with van der Waals surface area (Å²) < 4.78 is 0. The second kappa shape index (κ2) is 12.0. The Morgan fingerprint density at radius 3 is 2.03 bits per heavy atom. The predicted octanol–water partition coefficient (Wildman–Crippen LogP) is -2.26. The second-order valence-electron chi connectivity index (χ2n) is 6.53. The van der Waals surface area contributed by atoms with Crippen LogP contribution in [0.4, 0.5) is 0 Å². The molecule has 8 N–H and O–H groups in total. The third kappa shape index (κ3) is 7.89. The normalized spacial score (nSPS) is 14.7. The molecule has 1 rings (SSSR count). The van der Waals surface area contributed by atoms with Crippen molar-refractivity contribution >= 4 is 36.3 Å². The van der Waals surface area contributed by atoms with Gasteiger partial charge in [-0.15, -0.1) is 0 Å². The monoisotopic (exact) mass is 442 g/mol. The van der Waals surface area contributed by atoms with Gasteiger partial charge in [0.25, 0.3) is 0 Å². The Labute approximate surface area is 178 Å². The van der Waals surface area contributed by atoms with Crippen molar-refractivity contribution in [1.29, 1.82) is 0 Å². The molecule has 0 saturated heterocycles. The quantitative estimate of drug-likeness (QED) is 0.176. The average molecular weight is 442 g/mol. The van der Waals surface area contributed by atoms with Gasteiger partial charge in [0.05, 0.1) is 6.61 Å². The van der Waals surface area contributed by atoms with E-state index < -0.39 is 54.5 Å². The molecule has 30 heavy (non-hydrogen) atoms. The highest BCUT2D eigenvalue weighted by atomic mass is 32.1. The van der Waals surface area contributed by atoms with Crippen LogP contribution in [0.15, 0.2) is 24.3 Å². The minimum absolute atomic E-state index is 0.00242. The van der Waals surface area contributed by atoms with Gasteiger partial charge >= 0.3 is 5.97 Å². The highest BCUT2D eigenvalue weighted by molar-refractivity contribution is 7.80. The van der Waals surface area contributed by atoms with Crippen LogP contribution >= 0.6 is 12.6 Å². The molecule has 0 aromatic heterocycles. The van der Waals surface area contributed by atoms with Crippen LogP contribution in [0.2, 0.25) is 0 Å². The van der Waals surface area contributed by atoms with Crippen LogP contribution in [-0.2, 0) is 25.6 Å². The van der Waals surface area contributed by atoms with Crippen LogP contribution in [0, 0.1) is 0 Å². The summed E-state index contributed by atoms with van der Waals surface area (Å²) in [5.74, 6) is -3.62. The molecule has 0 aliphatic rings. The van der Waals surface area contributed by atoms with E-state index in [2.05, 4.69) is 28.6 Å². The van der Waals surface area contributed by atoms with Crippen molar-refractivity contribution in [3.05, 3.63) is 29.8 Å². The summed E-state index contributed by atoms with van der Waals surface area (Å²) in [7, 11) is 0. The molecule has 0 bridgehead atoms. The van der Waals surface area contributed by atoms with Crippen molar-refractivity contribution < 1.29 is 34.5 Å². The van der Waals surface area contributed by atoms with E-state index in [0.29, 0.717) is 5.56 Å². The minimum Gasteiger partial charge on any atom is -0.508 e. The van der Waals surface area contributed by atoms with Gasteiger partial charge in [-0.3, -0.25) is 19.2 Å². The maximum atomic E-state index is 12.7. The minimum atomic E-state index is -1.25. The molecule has 0 radical (unpaired) electrons. The number of phenolic OH excluding ortho intramolecular Hbond substituents is 1. The number of phenols is 1. The molecule has 1 aromatic carbocycles. The number of nitrogens with two attached hydrogens (primary N) is 1. The second-order valence-corrected chi connectivity index (χ2v) is 6.90. The van der Waals surface area contributed by atoms with Crippen LogP contribution in [0.25, 0.3) is 0 Å². The molecule has 166 valence electrons. The van der Waals surface area contributed by atoms with Crippen LogP contribution in [0.5, 0.6) is 5.75 Å². The molecular weight excluding hydrogens is 416 g/mol. The third-order valence-corrected chi connectivity index (χ3v) is 4.45. The number of nitrogens with one attached hydrogen (secondary N) is 3. The Balaban J connectivity index is 2.95. The Bertz CT molecular complexity index is 759. The molecule has 3 amide bonds. The fraction of sp³-hybridized carbons (Fsp3) is 0.444. The Morgan fingerprint density at radius 1 is 1.00 bits per heavy atom. The summed E-state index contributed by atoms with van der Waals surface area (Å²) in [4.78, 5) is 47.9. The zero-order valence-electron chi connectivity index (χ0n) is 16.2. The highest BCUT2D eigenvalue weighted by Gasteiger charge is 2.28. The number of carbonyl (C=O) groups excluding carboxylic acids is 3. The van der Waals surface area contributed by atoms with Crippen molar-refractivity contribution in [2.24, 2.45) is 5.73 Å². The number of carbonyl (C=O) groups is 4. The molecule has 11 nitrogen and oxygen atoms in total. The molecule has 1 aromatic rings. The van der Waals surface area contributed by atoms with E-state index in [1.54, 1.807) is 12.1 Å². The van der Waals surface area contributed by atoms with Crippen molar-refractivity contribution in [1.82, 2.24) is 16.0 Å². The Hall–Kier alpha value is -2.83. The van der Waals surface area contributed by atoms with E-state index in [0.717, 1.165) is 0 Å². The van der Waals surface area contributed by atoms with E-state index >= 15 is 0 Å². The van der Waals surface area contributed by atoms with E-state index in [-0.39, 0.29) is 17.9 Å². The number of carboxylic acids is 1. The van der Waals surface area contributed by atoms with Crippen LogP contribution in [0.1, 0.15) is 12.5 Å². The lowest BCUT2D eigenvalue weighted by molar-refractivity contribution is -0.141. The SMILES string of the molecule is CC(NC(=O)C(CS)NC(=O)C(Cc1ccc(O)cc1)NC(=O)C(N)CO)C(=O)O. The largest absolute Gasteiger partial charge is 0.508 e.